The van der Waals surface area contributed by atoms with Crippen molar-refractivity contribution in [1.29, 1.82) is 0 Å². The van der Waals surface area contributed by atoms with Gasteiger partial charge in [0.1, 0.15) is 0 Å². The summed E-state index contributed by atoms with van der Waals surface area (Å²) in [6, 6.07) is 8.84. The van der Waals surface area contributed by atoms with Gasteiger partial charge in [-0.1, -0.05) is 26.0 Å². The minimum atomic E-state index is 0.110. The van der Waals surface area contributed by atoms with Gasteiger partial charge < -0.3 is 10.6 Å². The Kier molecular flexibility index (Phi) is 8.38. The molecule has 0 saturated heterocycles. The maximum absolute atomic E-state index is 11.5. The second kappa shape index (κ2) is 9.83. The van der Waals surface area contributed by atoms with Gasteiger partial charge in [-0.25, -0.2) is 0 Å². The van der Waals surface area contributed by atoms with Gasteiger partial charge >= 0.3 is 0 Å². The van der Waals surface area contributed by atoms with Gasteiger partial charge in [-0.3, -0.25) is 4.79 Å². The molecule has 0 spiro atoms. The Bertz CT molecular complexity index is 392. The predicted molar refractivity (Wildman–Crippen MR) is 87.2 cm³/mol. The molecule has 0 aromatic heterocycles. The van der Waals surface area contributed by atoms with Crippen LogP contribution in [0.2, 0.25) is 0 Å². The number of carbonyl (C=O) groups is 1. The zero-order valence-corrected chi connectivity index (χ0v) is 13.6. The number of hydrogen-bond donors (Lipinski definition) is 2. The summed E-state index contributed by atoms with van der Waals surface area (Å²) in [6.45, 7) is 8.20. The molecule has 0 bridgehead atoms. The molecule has 0 saturated carbocycles. The summed E-state index contributed by atoms with van der Waals surface area (Å²) in [4.78, 5) is 12.7. The van der Waals surface area contributed by atoms with Crippen LogP contribution in [-0.4, -0.2) is 24.7 Å². The lowest BCUT2D eigenvalue weighted by Gasteiger charge is -2.14. The summed E-state index contributed by atoms with van der Waals surface area (Å²) in [5.41, 5.74) is 1.29. The highest BCUT2D eigenvalue weighted by Gasteiger charge is 2.05. The Morgan fingerprint density at radius 1 is 1.15 bits per heavy atom. The predicted octanol–water partition coefficient (Wildman–Crippen LogP) is 3.37. The SMILES string of the molecule is CCCNC(=O)CSc1ccc(C(C)NCCC)cc1. The van der Waals surface area contributed by atoms with E-state index in [0.29, 0.717) is 11.8 Å². The molecule has 0 aliphatic rings. The zero-order valence-electron chi connectivity index (χ0n) is 12.7. The second-order valence-corrected chi connectivity index (χ2v) is 5.93. The van der Waals surface area contributed by atoms with Crippen molar-refractivity contribution in [1.82, 2.24) is 10.6 Å². The minimum Gasteiger partial charge on any atom is -0.355 e. The molecule has 0 heterocycles. The topological polar surface area (TPSA) is 41.1 Å². The molecule has 1 amide bonds. The standard InChI is InChI=1S/C16H26N2OS/c1-4-10-17-13(3)14-6-8-15(9-7-14)20-12-16(19)18-11-5-2/h6-9,13,17H,4-5,10-12H2,1-3H3,(H,18,19). The fourth-order valence-corrected chi connectivity index (χ4v) is 2.52. The molecule has 4 heteroatoms. The summed E-state index contributed by atoms with van der Waals surface area (Å²) in [7, 11) is 0. The van der Waals surface area contributed by atoms with E-state index in [4.69, 9.17) is 0 Å². The first kappa shape index (κ1) is 17.1. The van der Waals surface area contributed by atoms with Crippen molar-refractivity contribution in [3.05, 3.63) is 29.8 Å². The molecule has 3 nitrogen and oxygen atoms in total. The van der Waals surface area contributed by atoms with Crippen LogP contribution >= 0.6 is 11.8 Å². The van der Waals surface area contributed by atoms with Crippen molar-refractivity contribution in [2.45, 2.75) is 44.6 Å². The van der Waals surface area contributed by atoms with E-state index in [0.717, 1.165) is 30.8 Å². The van der Waals surface area contributed by atoms with E-state index in [1.807, 2.05) is 0 Å². The number of hydrogen-bond acceptors (Lipinski definition) is 3. The third-order valence-corrected chi connectivity index (χ3v) is 4.03. The van der Waals surface area contributed by atoms with E-state index < -0.39 is 0 Å². The molecule has 20 heavy (non-hydrogen) atoms. The van der Waals surface area contributed by atoms with E-state index in [1.54, 1.807) is 11.8 Å². The van der Waals surface area contributed by atoms with E-state index >= 15 is 0 Å². The van der Waals surface area contributed by atoms with Crippen molar-refractivity contribution in [3.8, 4) is 0 Å². The lowest BCUT2D eigenvalue weighted by molar-refractivity contribution is -0.118. The van der Waals surface area contributed by atoms with Crippen LogP contribution < -0.4 is 10.6 Å². The molecule has 1 unspecified atom stereocenters. The largest absolute Gasteiger partial charge is 0.355 e. The highest BCUT2D eigenvalue weighted by atomic mass is 32.2. The monoisotopic (exact) mass is 294 g/mol. The molecule has 1 aromatic rings. The number of carbonyl (C=O) groups excluding carboxylic acids is 1. The Labute approximate surface area is 126 Å². The lowest BCUT2D eigenvalue weighted by Crippen LogP contribution is -2.25. The van der Waals surface area contributed by atoms with E-state index in [9.17, 15) is 4.79 Å². The summed E-state index contributed by atoms with van der Waals surface area (Å²) in [5.74, 6) is 0.599. The fourth-order valence-electron chi connectivity index (χ4n) is 1.80. The first-order valence-corrected chi connectivity index (χ1v) is 8.38. The van der Waals surface area contributed by atoms with Gasteiger partial charge in [0.2, 0.25) is 5.91 Å². The van der Waals surface area contributed by atoms with Gasteiger partial charge in [-0.15, -0.1) is 11.8 Å². The first-order chi connectivity index (χ1) is 9.67. The van der Waals surface area contributed by atoms with Gasteiger partial charge in [-0.2, -0.15) is 0 Å². The second-order valence-electron chi connectivity index (χ2n) is 4.88. The molecule has 2 N–H and O–H groups in total. The summed E-state index contributed by atoms with van der Waals surface area (Å²) >= 11 is 1.58. The number of nitrogens with one attached hydrogen (secondary N) is 2. The highest BCUT2D eigenvalue weighted by molar-refractivity contribution is 8.00. The Morgan fingerprint density at radius 2 is 1.80 bits per heavy atom. The molecule has 1 aromatic carbocycles. The third-order valence-electron chi connectivity index (χ3n) is 3.02. The van der Waals surface area contributed by atoms with E-state index in [-0.39, 0.29) is 5.91 Å². The van der Waals surface area contributed by atoms with E-state index in [2.05, 4.69) is 55.7 Å². The van der Waals surface area contributed by atoms with Gasteiger partial charge in [0.15, 0.2) is 0 Å². The molecule has 1 atom stereocenters. The van der Waals surface area contributed by atoms with Crippen LogP contribution in [0.3, 0.4) is 0 Å². The van der Waals surface area contributed by atoms with Crippen LogP contribution in [0, 0.1) is 0 Å². The van der Waals surface area contributed by atoms with Crippen LogP contribution in [0.1, 0.15) is 45.2 Å². The quantitative estimate of drug-likeness (QED) is 0.686. The molecule has 0 fully saturated rings. The number of amides is 1. The Hall–Kier alpha value is -1.00. The zero-order chi connectivity index (χ0) is 14.8. The van der Waals surface area contributed by atoms with Gasteiger partial charge in [0.05, 0.1) is 5.75 Å². The summed E-state index contributed by atoms with van der Waals surface area (Å²) in [6.07, 6.45) is 2.12. The van der Waals surface area contributed by atoms with Crippen LogP contribution in [0.15, 0.2) is 29.2 Å². The van der Waals surface area contributed by atoms with Gasteiger partial charge in [-0.05, 0) is 44.0 Å². The highest BCUT2D eigenvalue weighted by Crippen LogP contribution is 2.20. The maximum Gasteiger partial charge on any atom is 0.230 e. The van der Waals surface area contributed by atoms with Crippen molar-refractivity contribution < 1.29 is 4.79 Å². The summed E-state index contributed by atoms with van der Waals surface area (Å²) < 4.78 is 0. The van der Waals surface area contributed by atoms with Crippen molar-refractivity contribution in [2.24, 2.45) is 0 Å². The van der Waals surface area contributed by atoms with Crippen LogP contribution in [-0.2, 0) is 4.79 Å². The number of thioether (sulfide) groups is 1. The van der Waals surface area contributed by atoms with Crippen molar-refractivity contribution >= 4 is 17.7 Å². The normalized spacial score (nSPS) is 12.2. The van der Waals surface area contributed by atoms with Crippen molar-refractivity contribution in [2.75, 3.05) is 18.8 Å². The molecular weight excluding hydrogens is 268 g/mol. The molecule has 0 aliphatic heterocycles. The smallest absolute Gasteiger partial charge is 0.230 e. The van der Waals surface area contributed by atoms with E-state index in [1.165, 1.54) is 5.56 Å². The Balaban J connectivity index is 2.40. The first-order valence-electron chi connectivity index (χ1n) is 7.40. The number of rotatable bonds is 9. The third kappa shape index (κ3) is 6.44. The minimum absolute atomic E-state index is 0.110. The van der Waals surface area contributed by atoms with Crippen LogP contribution in [0.5, 0.6) is 0 Å². The van der Waals surface area contributed by atoms with Crippen molar-refractivity contribution in [3.63, 3.8) is 0 Å². The van der Waals surface area contributed by atoms with Gasteiger partial charge in [0.25, 0.3) is 0 Å². The fraction of sp³-hybridized carbons (Fsp3) is 0.562. The molecule has 0 aliphatic carbocycles. The summed E-state index contributed by atoms with van der Waals surface area (Å²) in [5, 5.41) is 6.36. The average Bonchev–Trinajstić information content (AvgIpc) is 2.49. The van der Waals surface area contributed by atoms with Crippen LogP contribution in [0.25, 0.3) is 0 Å². The Morgan fingerprint density at radius 3 is 2.40 bits per heavy atom. The van der Waals surface area contributed by atoms with Crippen LogP contribution in [0.4, 0.5) is 0 Å². The van der Waals surface area contributed by atoms with Gasteiger partial charge in [0, 0.05) is 17.5 Å². The average molecular weight is 294 g/mol. The molecule has 1 rings (SSSR count). The molecule has 112 valence electrons. The number of benzene rings is 1. The lowest BCUT2D eigenvalue weighted by atomic mass is 10.1. The molecular formula is C16H26N2OS. The molecule has 0 radical (unpaired) electrons. The maximum atomic E-state index is 11.5.